The Morgan fingerprint density at radius 2 is 1.60 bits per heavy atom. The largest absolute Gasteiger partial charge is 0.495 e. The molecule has 182 valence electrons. The minimum Gasteiger partial charge on any atom is -0.495 e. The van der Waals surface area contributed by atoms with Gasteiger partial charge in [0.2, 0.25) is 5.91 Å². The van der Waals surface area contributed by atoms with Gasteiger partial charge in [0.25, 0.3) is 5.91 Å². The lowest BCUT2D eigenvalue weighted by atomic mass is 10.2. The normalized spacial score (nSPS) is 11.3. The van der Waals surface area contributed by atoms with Crippen LogP contribution in [0.3, 0.4) is 0 Å². The predicted octanol–water partition coefficient (Wildman–Crippen LogP) is 5.23. The van der Waals surface area contributed by atoms with Crippen molar-refractivity contribution in [3.05, 3.63) is 83.4 Å². The van der Waals surface area contributed by atoms with Gasteiger partial charge in [-0.3, -0.25) is 9.59 Å². The van der Waals surface area contributed by atoms with E-state index in [0.29, 0.717) is 22.0 Å². The van der Waals surface area contributed by atoms with Crippen LogP contribution in [-0.4, -0.2) is 36.8 Å². The molecule has 0 aromatic heterocycles. The Bertz CT molecular complexity index is 1210. The molecule has 0 spiro atoms. The molecule has 0 heterocycles. The second-order valence-electron chi connectivity index (χ2n) is 7.94. The quantitative estimate of drug-likeness (QED) is 0.314. The van der Waals surface area contributed by atoms with Gasteiger partial charge in [-0.1, -0.05) is 35.9 Å². The molecule has 0 saturated carbocycles. The minimum atomic E-state index is -1.05. The van der Waals surface area contributed by atoms with Crippen molar-refractivity contribution in [1.82, 2.24) is 0 Å². The van der Waals surface area contributed by atoms with Crippen molar-refractivity contribution >= 4 is 40.9 Å². The van der Waals surface area contributed by atoms with Crippen molar-refractivity contribution in [3.8, 4) is 5.75 Å². The molecule has 0 aliphatic heterocycles. The Balaban J connectivity index is 1.60. The van der Waals surface area contributed by atoms with Crippen LogP contribution < -0.4 is 15.4 Å². The topological polar surface area (TPSA) is 93.7 Å². The summed E-state index contributed by atoms with van der Waals surface area (Å²) < 4.78 is 10.7. The van der Waals surface area contributed by atoms with Gasteiger partial charge in [-0.2, -0.15) is 0 Å². The number of carbonyl (C=O) groups is 3. The van der Waals surface area contributed by atoms with Crippen LogP contribution in [0.15, 0.2) is 71.6 Å². The molecular formula is C27H28N2O5S. The number of aryl methyl sites for hydroxylation is 2. The van der Waals surface area contributed by atoms with Crippen LogP contribution in [0.5, 0.6) is 5.75 Å². The summed E-state index contributed by atoms with van der Waals surface area (Å²) in [7, 11) is 1.51. The van der Waals surface area contributed by atoms with E-state index in [4.69, 9.17) is 9.47 Å². The van der Waals surface area contributed by atoms with Crippen molar-refractivity contribution < 1.29 is 23.9 Å². The second kappa shape index (κ2) is 12.1. The zero-order valence-electron chi connectivity index (χ0n) is 20.1. The van der Waals surface area contributed by atoms with Crippen molar-refractivity contribution in [1.29, 1.82) is 0 Å². The van der Waals surface area contributed by atoms with E-state index in [0.717, 1.165) is 11.1 Å². The van der Waals surface area contributed by atoms with E-state index < -0.39 is 18.0 Å². The molecular weight excluding hydrogens is 464 g/mol. The Hall–Kier alpha value is -3.78. The van der Waals surface area contributed by atoms with Crippen molar-refractivity contribution in [2.45, 2.75) is 31.8 Å². The van der Waals surface area contributed by atoms with Gasteiger partial charge < -0.3 is 20.1 Å². The van der Waals surface area contributed by atoms with Gasteiger partial charge in [0.1, 0.15) is 5.75 Å². The summed E-state index contributed by atoms with van der Waals surface area (Å²) in [5, 5.41) is 5.57. The Morgan fingerprint density at radius 3 is 2.31 bits per heavy atom. The number of ether oxygens (including phenoxy) is 2. The lowest BCUT2D eigenvalue weighted by molar-refractivity contribution is -0.123. The van der Waals surface area contributed by atoms with Crippen LogP contribution >= 0.6 is 11.8 Å². The summed E-state index contributed by atoms with van der Waals surface area (Å²) in [6.07, 6.45) is -1.05. The maximum Gasteiger partial charge on any atom is 0.340 e. The van der Waals surface area contributed by atoms with E-state index in [1.807, 2.05) is 44.2 Å². The fraction of sp³-hybridized carbons (Fsp3) is 0.222. The first-order valence-electron chi connectivity index (χ1n) is 11.0. The molecule has 8 heteroatoms. The summed E-state index contributed by atoms with van der Waals surface area (Å²) in [5.41, 5.74) is 3.54. The molecule has 2 N–H and O–H groups in total. The van der Waals surface area contributed by atoms with Crippen molar-refractivity contribution in [2.75, 3.05) is 23.5 Å². The van der Waals surface area contributed by atoms with E-state index >= 15 is 0 Å². The Kier molecular flexibility index (Phi) is 8.92. The number of rotatable bonds is 9. The number of amides is 2. The number of carbonyl (C=O) groups excluding carboxylic acids is 3. The highest BCUT2D eigenvalue weighted by atomic mass is 32.2. The molecule has 0 aliphatic carbocycles. The molecule has 0 aliphatic rings. The number of hydrogen-bond acceptors (Lipinski definition) is 6. The zero-order valence-corrected chi connectivity index (χ0v) is 20.9. The van der Waals surface area contributed by atoms with Gasteiger partial charge in [-0.25, -0.2) is 4.79 Å². The molecule has 3 aromatic rings. The summed E-state index contributed by atoms with van der Waals surface area (Å²) in [6, 6.07) is 19.7. The van der Waals surface area contributed by atoms with E-state index in [1.54, 1.807) is 36.4 Å². The number of esters is 1. The molecule has 0 bridgehead atoms. The van der Waals surface area contributed by atoms with Crippen LogP contribution in [-0.2, 0) is 14.3 Å². The second-order valence-corrected chi connectivity index (χ2v) is 8.96. The molecule has 35 heavy (non-hydrogen) atoms. The average Bonchev–Trinajstić information content (AvgIpc) is 2.84. The lowest BCUT2D eigenvalue weighted by Crippen LogP contribution is -2.30. The predicted molar refractivity (Wildman–Crippen MR) is 138 cm³/mol. The monoisotopic (exact) mass is 492 g/mol. The van der Waals surface area contributed by atoms with Gasteiger partial charge in [0.15, 0.2) is 6.10 Å². The summed E-state index contributed by atoms with van der Waals surface area (Å²) in [5.74, 6) is -0.702. The minimum absolute atomic E-state index is 0.112. The van der Waals surface area contributed by atoms with E-state index in [-0.39, 0.29) is 17.2 Å². The lowest BCUT2D eigenvalue weighted by Gasteiger charge is -2.16. The number of anilines is 2. The number of benzene rings is 3. The smallest absolute Gasteiger partial charge is 0.340 e. The number of thioether (sulfide) groups is 1. The maximum atomic E-state index is 12.8. The van der Waals surface area contributed by atoms with E-state index in [2.05, 4.69) is 10.6 Å². The van der Waals surface area contributed by atoms with E-state index in [1.165, 1.54) is 25.8 Å². The summed E-state index contributed by atoms with van der Waals surface area (Å²) in [6.45, 7) is 5.37. The van der Waals surface area contributed by atoms with Crippen molar-refractivity contribution in [2.24, 2.45) is 0 Å². The SMILES string of the molecule is COc1ccc(C)cc1NC(=O)C(C)OC(=O)c1ccccc1SCC(=O)Nc1ccc(C)cc1. The van der Waals surface area contributed by atoms with Gasteiger partial charge in [-0.15, -0.1) is 11.8 Å². The Labute approximate surface area is 209 Å². The standard InChI is InChI=1S/C27H28N2O5S/c1-17-9-12-20(13-10-17)28-25(30)16-35-24-8-6-5-7-21(24)27(32)34-19(3)26(31)29-22-15-18(2)11-14-23(22)33-4/h5-15,19H,16H2,1-4H3,(H,28,30)(H,29,31). The molecule has 3 rings (SSSR count). The van der Waals surface area contributed by atoms with Gasteiger partial charge in [-0.05, 0) is 62.7 Å². The summed E-state index contributed by atoms with van der Waals surface area (Å²) in [4.78, 5) is 38.4. The highest BCUT2D eigenvalue weighted by Crippen LogP contribution is 2.26. The van der Waals surface area contributed by atoms with Crippen LogP contribution in [0.4, 0.5) is 11.4 Å². The first kappa shape index (κ1) is 25.8. The van der Waals surface area contributed by atoms with E-state index in [9.17, 15) is 14.4 Å². The highest BCUT2D eigenvalue weighted by molar-refractivity contribution is 8.00. The molecule has 0 saturated heterocycles. The fourth-order valence-electron chi connectivity index (χ4n) is 3.17. The van der Waals surface area contributed by atoms with Crippen LogP contribution in [0.25, 0.3) is 0 Å². The Morgan fingerprint density at radius 1 is 0.914 bits per heavy atom. The third kappa shape index (κ3) is 7.35. The molecule has 7 nitrogen and oxygen atoms in total. The first-order valence-corrected chi connectivity index (χ1v) is 12.0. The molecule has 0 fully saturated rings. The van der Waals surface area contributed by atoms with Gasteiger partial charge >= 0.3 is 5.97 Å². The highest BCUT2D eigenvalue weighted by Gasteiger charge is 2.22. The number of methoxy groups -OCH3 is 1. The van der Waals surface area contributed by atoms with Gasteiger partial charge in [0, 0.05) is 10.6 Å². The average molecular weight is 493 g/mol. The fourth-order valence-corrected chi connectivity index (χ4v) is 4.01. The maximum absolute atomic E-state index is 12.8. The number of hydrogen-bond donors (Lipinski definition) is 2. The molecule has 0 radical (unpaired) electrons. The van der Waals surface area contributed by atoms with Crippen LogP contribution in [0.2, 0.25) is 0 Å². The third-order valence-corrected chi connectivity index (χ3v) is 6.14. The third-order valence-electron chi connectivity index (χ3n) is 5.07. The molecule has 2 amide bonds. The van der Waals surface area contributed by atoms with Gasteiger partial charge in [0.05, 0.1) is 24.1 Å². The summed E-state index contributed by atoms with van der Waals surface area (Å²) >= 11 is 1.22. The van der Waals surface area contributed by atoms with Crippen LogP contribution in [0.1, 0.15) is 28.4 Å². The number of nitrogens with one attached hydrogen (secondary N) is 2. The molecule has 1 atom stereocenters. The molecule has 1 unspecified atom stereocenters. The molecule has 3 aromatic carbocycles. The first-order chi connectivity index (χ1) is 16.8. The van der Waals surface area contributed by atoms with Crippen LogP contribution in [0, 0.1) is 13.8 Å². The zero-order chi connectivity index (χ0) is 25.4. The van der Waals surface area contributed by atoms with Crippen molar-refractivity contribution in [3.63, 3.8) is 0 Å².